The first kappa shape index (κ1) is 11.9. The van der Waals surface area contributed by atoms with Crippen LogP contribution in [0.2, 0.25) is 0 Å². The molecule has 0 fully saturated rings. The van der Waals surface area contributed by atoms with Crippen LogP contribution in [0.5, 0.6) is 0 Å². The highest BCUT2D eigenvalue weighted by molar-refractivity contribution is 6.25. The zero-order valence-electron chi connectivity index (χ0n) is 8.02. The molecular formula is C9H19ClN2. The van der Waals surface area contributed by atoms with Gasteiger partial charge in [0.2, 0.25) is 0 Å². The average molecular weight is 191 g/mol. The quantitative estimate of drug-likeness (QED) is 0.615. The molecule has 0 spiro atoms. The van der Waals surface area contributed by atoms with Gasteiger partial charge < -0.3 is 5.32 Å². The highest BCUT2D eigenvalue weighted by Crippen LogP contribution is 1.88. The summed E-state index contributed by atoms with van der Waals surface area (Å²) in [6, 6.07) is 0. The van der Waals surface area contributed by atoms with Crippen molar-refractivity contribution in [1.82, 2.24) is 10.2 Å². The second-order valence-corrected chi connectivity index (χ2v) is 2.86. The number of hydrogen-bond acceptors (Lipinski definition) is 2. The topological polar surface area (TPSA) is 15.3 Å². The van der Waals surface area contributed by atoms with E-state index >= 15 is 0 Å². The summed E-state index contributed by atoms with van der Waals surface area (Å²) in [6.07, 6.45) is 1.97. The van der Waals surface area contributed by atoms with Crippen molar-refractivity contribution in [2.24, 2.45) is 0 Å². The van der Waals surface area contributed by atoms with Crippen LogP contribution in [0.3, 0.4) is 0 Å². The maximum atomic E-state index is 5.44. The number of hydrogen-bond donors (Lipinski definition) is 1. The predicted molar refractivity (Wildman–Crippen MR) is 55.7 cm³/mol. The lowest BCUT2D eigenvalue weighted by molar-refractivity contribution is 0.318. The molecule has 0 amide bonds. The van der Waals surface area contributed by atoms with Crippen molar-refractivity contribution in [1.29, 1.82) is 0 Å². The van der Waals surface area contributed by atoms with Crippen LogP contribution in [-0.2, 0) is 0 Å². The normalized spacial score (nSPS) is 11.7. The van der Waals surface area contributed by atoms with Crippen LogP contribution >= 0.6 is 11.6 Å². The van der Waals surface area contributed by atoms with Crippen LogP contribution in [0.15, 0.2) is 11.6 Å². The van der Waals surface area contributed by atoms with Gasteiger partial charge in [-0.15, -0.1) is 0 Å². The molecule has 0 aliphatic carbocycles. The molecule has 0 bridgehead atoms. The van der Waals surface area contributed by atoms with Gasteiger partial charge in [0, 0.05) is 25.2 Å². The number of nitrogens with one attached hydrogen (secondary N) is 1. The fourth-order valence-electron chi connectivity index (χ4n) is 0.981. The third kappa shape index (κ3) is 6.65. The maximum absolute atomic E-state index is 5.44. The molecule has 0 saturated carbocycles. The van der Waals surface area contributed by atoms with Crippen molar-refractivity contribution >= 4 is 11.6 Å². The van der Waals surface area contributed by atoms with Gasteiger partial charge in [0.1, 0.15) is 0 Å². The van der Waals surface area contributed by atoms with Gasteiger partial charge in [-0.05, 0) is 13.1 Å². The standard InChI is InChI=1S/C9H19ClN2/c1-3-11-7-9-12(4-2)8-5-6-10/h5-6,11H,3-4,7-9H2,1-2H3/b6-5+. The summed E-state index contributed by atoms with van der Waals surface area (Å²) in [7, 11) is 0. The summed E-state index contributed by atoms with van der Waals surface area (Å²) >= 11 is 5.44. The Bertz CT molecular complexity index is 115. The molecule has 0 aliphatic heterocycles. The van der Waals surface area contributed by atoms with Crippen molar-refractivity contribution in [3.8, 4) is 0 Å². The third-order valence-corrected chi connectivity index (χ3v) is 1.93. The van der Waals surface area contributed by atoms with E-state index in [1.807, 2.05) is 6.08 Å². The van der Waals surface area contributed by atoms with Crippen LogP contribution in [-0.4, -0.2) is 37.6 Å². The summed E-state index contributed by atoms with van der Waals surface area (Å²) in [4.78, 5) is 2.33. The van der Waals surface area contributed by atoms with E-state index in [2.05, 4.69) is 24.1 Å². The van der Waals surface area contributed by atoms with Crippen LogP contribution in [0.4, 0.5) is 0 Å². The fourth-order valence-corrected chi connectivity index (χ4v) is 1.06. The first-order valence-electron chi connectivity index (χ1n) is 4.53. The summed E-state index contributed by atoms with van der Waals surface area (Å²) in [5, 5.41) is 3.29. The monoisotopic (exact) mass is 190 g/mol. The molecule has 72 valence electrons. The van der Waals surface area contributed by atoms with Crippen LogP contribution in [0.25, 0.3) is 0 Å². The Morgan fingerprint density at radius 2 is 2.17 bits per heavy atom. The molecule has 0 aromatic carbocycles. The SMILES string of the molecule is CCNCCN(CC)C/C=C/Cl. The minimum Gasteiger partial charge on any atom is -0.316 e. The van der Waals surface area contributed by atoms with Gasteiger partial charge in [0.15, 0.2) is 0 Å². The predicted octanol–water partition coefficient (Wildman–Crippen LogP) is 1.67. The molecule has 0 heterocycles. The maximum Gasteiger partial charge on any atom is 0.0175 e. The van der Waals surface area contributed by atoms with Crippen molar-refractivity contribution in [3.05, 3.63) is 11.6 Å². The van der Waals surface area contributed by atoms with Gasteiger partial charge in [0.05, 0.1) is 0 Å². The minimum atomic E-state index is 0.950. The Morgan fingerprint density at radius 3 is 2.67 bits per heavy atom. The molecule has 0 radical (unpaired) electrons. The summed E-state index contributed by atoms with van der Waals surface area (Å²) in [5.41, 5.74) is 1.58. The number of likely N-dealkylation sites (N-methyl/N-ethyl adjacent to an activating group) is 2. The molecule has 0 rings (SSSR count). The largest absolute Gasteiger partial charge is 0.316 e. The Labute approximate surface area is 80.6 Å². The molecule has 0 aliphatic rings. The van der Waals surface area contributed by atoms with Gasteiger partial charge in [0.25, 0.3) is 0 Å². The van der Waals surface area contributed by atoms with Gasteiger partial charge >= 0.3 is 0 Å². The van der Waals surface area contributed by atoms with E-state index < -0.39 is 0 Å². The molecular weight excluding hydrogens is 172 g/mol. The van der Waals surface area contributed by atoms with Gasteiger partial charge in [-0.1, -0.05) is 31.5 Å². The highest BCUT2D eigenvalue weighted by atomic mass is 35.5. The molecule has 0 atom stereocenters. The van der Waals surface area contributed by atoms with Crippen LogP contribution in [0, 0.1) is 0 Å². The molecule has 1 N–H and O–H groups in total. The Morgan fingerprint density at radius 1 is 1.42 bits per heavy atom. The molecule has 0 aromatic heterocycles. The number of halogens is 1. The van der Waals surface area contributed by atoms with Gasteiger partial charge in [-0.2, -0.15) is 0 Å². The first-order valence-corrected chi connectivity index (χ1v) is 4.97. The highest BCUT2D eigenvalue weighted by Gasteiger charge is 1.97. The lowest BCUT2D eigenvalue weighted by Crippen LogP contribution is -2.32. The minimum absolute atomic E-state index is 0.950. The lowest BCUT2D eigenvalue weighted by Gasteiger charge is -2.17. The third-order valence-electron chi connectivity index (χ3n) is 1.75. The Kier molecular flexibility index (Phi) is 9.00. The van der Waals surface area contributed by atoms with E-state index in [0.29, 0.717) is 0 Å². The number of rotatable bonds is 7. The lowest BCUT2D eigenvalue weighted by atomic mass is 10.4. The van der Waals surface area contributed by atoms with E-state index in [0.717, 1.165) is 32.7 Å². The molecule has 0 aromatic rings. The van der Waals surface area contributed by atoms with Crippen LogP contribution < -0.4 is 5.32 Å². The molecule has 12 heavy (non-hydrogen) atoms. The summed E-state index contributed by atoms with van der Waals surface area (Å²) in [5.74, 6) is 0. The van der Waals surface area contributed by atoms with Gasteiger partial charge in [-0.3, -0.25) is 4.90 Å². The zero-order valence-corrected chi connectivity index (χ0v) is 8.77. The summed E-state index contributed by atoms with van der Waals surface area (Å²) < 4.78 is 0. The second kappa shape index (κ2) is 9.04. The second-order valence-electron chi connectivity index (χ2n) is 2.61. The van der Waals surface area contributed by atoms with E-state index in [9.17, 15) is 0 Å². The van der Waals surface area contributed by atoms with E-state index in [1.165, 1.54) is 0 Å². The van der Waals surface area contributed by atoms with E-state index in [4.69, 9.17) is 11.6 Å². The molecule has 0 saturated heterocycles. The van der Waals surface area contributed by atoms with Crippen molar-refractivity contribution in [3.63, 3.8) is 0 Å². The van der Waals surface area contributed by atoms with E-state index in [1.54, 1.807) is 5.54 Å². The molecule has 3 heteroatoms. The van der Waals surface area contributed by atoms with Gasteiger partial charge in [-0.25, -0.2) is 0 Å². The van der Waals surface area contributed by atoms with Crippen molar-refractivity contribution in [2.45, 2.75) is 13.8 Å². The molecule has 0 unspecified atom stereocenters. The number of nitrogens with zero attached hydrogens (tertiary/aromatic N) is 1. The average Bonchev–Trinajstić information content (AvgIpc) is 2.11. The fraction of sp³-hybridized carbons (Fsp3) is 0.778. The smallest absolute Gasteiger partial charge is 0.0175 e. The Hall–Kier alpha value is -0.0500. The van der Waals surface area contributed by atoms with Crippen molar-refractivity contribution in [2.75, 3.05) is 32.7 Å². The van der Waals surface area contributed by atoms with E-state index in [-0.39, 0.29) is 0 Å². The molecule has 2 nitrogen and oxygen atoms in total. The summed E-state index contributed by atoms with van der Waals surface area (Å²) in [6.45, 7) is 9.50. The van der Waals surface area contributed by atoms with Crippen LogP contribution in [0.1, 0.15) is 13.8 Å². The first-order chi connectivity index (χ1) is 5.85. The Balaban J connectivity index is 3.39. The van der Waals surface area contributed by atoms with Crippen molar-refractivity contribution < 1.29 is 0 Å². The zero-order chi connectivity index (χ0) is 9.23.